The summed E-state index contributed by atoms with van der Waals surface area (Å²) in [6.45, 7) is 0. The molecule has 2 aliphatic rings. The lowest BCUT2D eigenvalue weighted by Crippen LogP contribution is -2.14. The molecule has 6 heteroatoms. The molecule has 1 fully saturated rings. The van der Waals surface area contributed by atoms with Gasteiger partial charge in [-0.3, -0.25) is 4.79 Å². The maximum Gasteiger partial charge on any atom is 0.335 e. The topological polar surface area (TPSA) is 71.3 Å². The normalized spacial score (nSPS) is 16.8. The Morgan fingerprint density at radius 1 is 1.10 bits per heavy atom. The molecule has 0 unspecified atom stereocenters. The van der Waals surface area contributed by atoms with Gasteiger partial charge in [-0.1, -0.05) is 30.9 Å². The molecule has 148 valence electrons. The van der Waals surface area contributed by atoms with Crippen LogP contribution in [-0.4, -0.2) is 21.6 Å². The van der Waals surface area contributed by atoms with Gasteiger partial charge in [0.05, 0.1) is 23.4 Å². The standard InChI is InChI=1S/C23H21ClN2O3/c24-14-7-8-16-19(11-14)25-21(27)12-18-17-10-13(23(28)29)6-9-20(17)26(22(16)18)15-4-2-1-3-5-15/h6-11,15H,1-5,12H2,(H,25,27)(H,28,29). The molecule has 0 bridgehead atoms. The predicted molar refractivity (Wildman–Crippen MR) is 114 cm³/mol. The van der Waals surface area contributed by atoms with E-state index in [0.29, 0.717) is 16.8 Å². The summed E-state index contributed by atoms with van der Waals surface area (Å²) < 4.78 is 2.35. The van der Waals surface area contributed by atoms with Crippen molar-refractivity contribution in [2.45, 2.75) is 44.6 Å². The summed E-state index contributed by atoms with van der Waals surface area (Å²) >= 11 is 6.20. The highest BCUT2D eigenvalue weighted by Gasteiger charge is 2.30. The maximum atomic E-state index is 12.7. The van der Waals surface area contributed by atoms with Gasteiger partial charge in [0.25, 0.3) is 0 Å². The second-order valence-electron chi connectivity index (χ2n) is 7.94. The van der Waals surface area contributed by atoms with Gasteiger partial charge >= 0.3 is 5.97 Å². The number of nitrogens with one attached hydrogen (secondary N) is 1. The van der Waals surface area contributed by atoms with Crippen molar-refractivity contribution in [3.8, 4) is 11.3 Å². The van der Waals surface area contributed by atoms with E-state index in [2.05, 4.69) is 9.88 Å². The number of benzene rings is 2. The fraction of sp³-hybridized carbons (Fsp3) is 0.304. The molecule has 0 radical (unpaired) electrons. The van der Waals surface area contributed by atoms with Crippen LogP contribution in [0.25, 0.3) is 22.2 Å². The Morgan fingerprint density at radius 3 is 2.66 bits per heavy atom. The van der Waals surface area contributed by atoms with Crippen LogP contribution in [0.3, 0.4) is 0 Å². The summed E-state index contributed by atoms with van der Waals surface area (Å²) in [7, 11) is 0. The summed E-state index contributed by atoms with van der Waals surface area (Å²) in [6, 6.07) is 11.2. The van der Waals surface area contributed by atoms with Crippen LogP contribution in [-0.2, 0) is 11.2 Å². The van der Waals surface area contributed by atoms with Gasteiger partial charge in [0.2, 0.25) is 5.91 Å². The Hall–Kier alpha value is -2.79. The molecule has 29 heavy (non-hydrogen) atoms. The van der Waals surface area contributed by atoms with Crippen molar-refractivity contribution < 1.29 is 14.7 Å². The van der Waals surface area contributed by atoms with Gasteiger partial charge in [-0.2, -0.15) is 0 Å². The predicted octanol–water partition coefficient (Wildman–Crippen LogP) is 5.66. The molecule has 5 nitrogen and oxygen atoms in total. The second kappa shape index (κ2) is 6.92. The quantitative estimate of drug-likeness (QED) is 0.574. The van der Waals surface area contributed by atoms with Gasteiger partial charge in [0, 0.05) is 27.5 Å². The molecule has 1 aliphatic heterocycles. The van der Waals surface area contributed by atoms with Gasteiger partial charge in [0.1, 0.15) is 0 Å². The SMILES string of the molecule is O=C1Cc2c(n(C3CCCCC3)c3ccc(C(=O)O)cc23)-c2ccc(Cl)cc2N1. The molecule has 0 saturated heterocycles. The van der Waals surface area contributed by atoms with Gasteiger partial charge in [-0.15, -0.1) is 0 Å². The summed E-state index contributed by atoms with van der Waals surface area (Å²) in [5.41, 5.74) is 4.80. The number of carboxylic acid groups (broad SMARTS) is 1. The molecule has 1 aromatic heterocycles. The number of aromatic carboxylic acids is 1. The molecule has 1 aliphatic carbocycles. The van der Waals surface area contributed by atoms with Gasteiger partial charge in [-0.05, 0) is 54.8 Å². The van der Waals surface area contributed by atoms with Crippen LogP contribution >= 0.6 is 11.6 Å². The van der Waals surface area contributed by atoms with Crippen molar-refractivity contribution in [3.63, 3.8) is 0 Å². The first-order valence-corrected chi connectivity index (χ1v) is 10.4. The number of carbonyl (C=O) groups is 2. The number of halogens is 1. The van der Waals surface area contributed by atoms with Crippen LogP contribution in [0.5, 0.6) is 0 Å². The number of nitrogens with zero attached hydrogens (tertiary/aromatic N) is 1. The number of aromatic nitrogens is 1. The number of hydrogen-bond donors (Lipinski definition) is 2. The molecule has 5 rings (SSSR count). The smallest absolute Gasteiger partial charge is 0.335 e. The molecular formula is C23H21ClN2O3. The lowest BCUT2D eigenvalue weighted by Gasteiger charge is -2.27. The van der Waals surface area contributed by atoms with Crippen LogP contribution < -0.4 is 5.32 Å². The third kappa shape index (κ3) is 3.01. The van der Waals surface area contributed by atoms with Crippen molar-refractivity contribution in [2.75, 3.05) is 5.32 Å². The van der Waals surface area contributed by atoms with Crippen LogP contribution in [0.15, 0.2) is 36.4 Å². The highest BCUT2D eigenvalue weighted by atomic mass is 35.5. The molecule has 1 amide bonds. The van der Waals surface area contributed by atoms with Crippen molar-refractivity contribution in [1.29, 1.82) is 0 Å². The Bertz CT molecular complexity index is 1160. The van der Waals surface area contributed by atoms with Crippen molar-refractivity contribution in [3.05, 3.63) is 52.5 Å². The summed E-state index contributed by atoms with van der Waals surface area (Å²) in [6.07, 6.45) is 5.98. The average Bonchev–Trinajstić information content (AvgIpc) is 2.93. The molecule has 2 heterocycles. The lowest BCUT2D eigenvalue weighted by atomic mass is 9.94. The van der Waals surface area contributed by atoms with Crippen LogP contribution in [0.1, 0.15) is 54.1 Å². The molecule has 1 saturated carbocycles. The van der Waals surface area contributed by atoms with E-state index < -0.39 is 5.97 Å². The zero-order valence-electron chi connectivity index (χ0n) is 15.9. The number of anilines is 1. The first-order chi connectivity index (χ1) is 14.0. The lowest BCUT2D eigenvalue weighted by molar-refractivity contribution is -0.115. The van der Waals surface area contributed by atoms with E-state index in [0.717, 1.165) is 40.6 Å². The Kier molecular flexibility index (Phi) is 4.36. The number of amides is 1. The summed E-state index contributed by atoms with van der Waals surface area (Å²) in [4.78, 5) is 24.3. The number of carboxylic acids is 1. The first-order valence-electron chi connectivity index (χ1n) is 10.0. The zero-order valence-corrected chi connectivity index (χ0v) is 16.6. The van der Waals surface area contributed by atoms with Gasteiger partial charge in [-0.25, -0.2) is 4.79 Å². The molecule has 0 atom stereocenters. The monoisotopic (exact) mass is 408 g/mol. The van der Waals surface area contributed by atoms with Crippen LogP contribution in [0, 0.1) is 0 Å². The van der Waals surface area contributed by atoms with E-state index in [1.165, 1.54) is 19.3 Å². The minimum Gasteiger partial charge on any atom is -0.478 e. The van der Waals surface area contributed by atoms with Crippen molar-refractivity contribution >= 4 is 40.1 Å². The van der Waals surface area contributed by atoms with Gasteiger partial charge in [0.15, 0.2) is 0 Å². The number of carbonyl (C=O) groups excluding carboxylic acids is 1. The molecule has 0 spiro atoms. The Balaban J connectivity index is 1.87. The minimum atomic E-state index is -0.962. The minimum absolute atomic E-state index is 0.115. The highest BCUT2D eigenvalue weighted by molar-refractivity contribution is 6.31. The fourth-order valence-electron chi connectivity index (χ4n) is 4.89. The highest BCUT2D eigenvalue weighted by Crippen LogP contribution is 2.45. The van der Waals surface area contributed by atoms with E-state index in [1.54, 1.807) is 18.2 Å². The second-order valence-corrected chi connectivity index (χ2v) is 8.38. The number of hydrogen-bond acceptors (Lipinski definition) is 2. The van der Waals surface area contributed by atoms with Crippen LogP contribution in [0.2, 0.25) is 5.02 Å². The largest absolute Gasteiger partial charge is 0.478 e. The Labute approximate surface area is 173 Å². The molecule has 2 aromatic carbocycles. The zero-order chi connectivity index (χ0) is 20.1. The van der Waals surface area contributed by atoms with Crippen molar-refractivity contribution in [2.24, 2.45) is 0 Å². The van der Waals surface area contributed by atoms with E-state index in [1.807, 2.05) is 18.2 Å². The third-order valence-electron chi connectivity index (χ3n) is 6.14. The van der Waals surface area contributed by atoms with Gasteiger partial charge < -0.3 is 15.0 Å². The molecule has 2 N–H and O–H groups in total. The van der Waals surface area contributed by atoms with E-state index >= 15 is 0 Å². The average molecular weight is 409 g/mol. The van der Waals surface area contributed by atoms with E-state index in [9.17, 15) is 14.7 Å². The Morgan fingerprint density at radius 2 is 1.90 bits per heavy atom. The van der Waals surface area contributed by atoms with E-state index in [4.69, 9.17) is 11.6 Å². The number of rotatable bonds is 2. The first kappa shape index (κ1) is 18.3. The number of fused-ring (bicyclic) bond motifs is 5. The molecular weight excluding hydrogens is 388 g/mol. The third-order valence-corrected chi connectivity index (χ3v) is 6.38. The summed E-state index contributed by atoms with van der Waals surface area (Å²) in [5.74, 6) is -1.08. The fourth-order valence-corrected chi connectivity index (χ4v) is 5.06. The van der Waals surface area contributed by atoms with Crippen molar-refractivity contribution in [1.82, 2.24) is 4.57 Å². The van der Waals surface area contributed by atoms with Crippen LogP contribution in [0.4, 0.5) is 5.69 Å². The molecule has 3 aromatic rings. The summed E-state index contributed by atoms with van der Waals surface area (Å²) in [5, 5.41) is 13.9. The maximum absolute atomic E-state index is 12.7. The van der Waals surface area contributed by atoms with E-state index in [-0.39, 0.29) is 17.9 Å².